The number of nitrogens with zero attached hydrogens (tertiary/aromatic N) is 4. The number of amides is 6. The van der Waals surface area contributed by atoms with Crippen LogP contribution in [0.5, 0.6) is 5.75 Å². The van der Waals surface area contributed by atoms with E-state index in [1.54, 1.807) is 18.2 Å². The molecule has 3 aromatic rings. The highest BCUT2D eigenvalue weighted by Gasteiger charge is 2.48. The number of hydrogen-bond donors (Lipinski definition) is 5. The number of thioether (sulfide) groups is 1. The Labute approximate surface area is 395 Å². The molecule has 4 aliphatic rings. The maximum atomic E-state index is 13.8. The van der Waals surface area contributed by atoms with Crippen molar-refractivity contribution in [2.45, 2.75) is 81.3 Å². The molecule has 4 heterocycles. The van der Waals surface area contributed by atoms with Crippen molar-refractivity contribution < 1.29 is 66.9 Å². The van der Waals surface area contributed by atoms with Crippen LogP contribution in [0.3, 0.4) is 0 Å². The SMILES string of the molecule is Cc1ccc2c(c1)OC1=CC(=O)C=CC1C2c1ccc(N2C(=O)CC(SCC(NC(=O)CCC(=O)NCc3cc(C(=O)N[C@@H](C)C(=O)N4CC(F)(F)C[C@H]4C#N)ccn3)C(=O)O)C2=O)cc1C(=O)O. The van der Waals surface area contributed by atoms with E-state index in [2.05, 4.69) is 20.9 Å². The van der Waals surface area contributed by atoms with Gasteiger partial charge in [0.05, 0.1) is 41.4 Å². The Morgan fingerprint density at radius 3 is 2.46 bits per heavy atom. The summed E-state index contributed by atoms with van der Waals surface area (Å²) in [5.41, 5.74) is 1.90. The molecule has 0 spiro atoms. The molecular weight excluding hydrogens is 925 g/mol. The number of alkyl halides is 2. The average molecular weight is 968 g/mol. The summed E-state index contributed by atoms with van der Waals surface area (Å²) in [6, 6.07) is 9.81. The highest BCUT2D eigenvalue weighted by Crippen LogP contribution is 2.49. The molecule has 2 aromatic carbocycles. The summed E-state index contributed by atoms with van der Waals surface area (Å²) < 4.78 is 33.8. The molecule has 3 aliphatic heterocycles. The number of allylic oxidation sites excluding steroid dienone is 3. The van der Waals surface area contributed by atoms with Gasteiger partial charge in [-0.1, -0.05) is 24.3 Å². The molecule has 0 radical (unpaired) electrons. The van der Waals surface area contributed by atoms with Crippen LogP contribution in [0.2, 0.25) is 0 Å². The molecule has 4 unspecified atom stereocenters. The van der Waals surface area contributed by atoms with Gasteiger partial charge >= 0.3 is 11.9 Å². The van der Waals surface area contributed by atoms with Crippen LogP contribution in [0.25, 0.3) is 0 Å². The highest BCUT2D eigenvalue weighted by atomic mass is 32.2. The number of imide groups is 1. The first-order valence-corrected chi connectivity index (χ1v) is 22.5. The van der Waals surface area contributed by atoms with Crippen molar-refractivity contribution in [2.75, 3.05) is 17.2 Å². The van der Waals surface area contributed by atoms with Gasteiger partial charge in [-0.15, -0.1) is 11.8 Å². The topological polar surface area (TPSA) is 283 Å². The number of nitriles is 1. The number of pyridine rings is 1. The first-order valence-electron chi connectivity index (χ1n) is 21.4. The zero-order valence-electron chi connectivity index (χ0n) is 36.8. The molecule has 0 saturated carbocycles. The normalized spacial score (nSPS) is 20.9. The molecule has 6 atom stereocenters. The van der Waals surface area contributed by atoms with Gasteiger partial charge in [0.25, 0.3) is 11.8 Å². The van der Waals surface area contributed by atoms with E-state index in [1.807, 2.05) is 19.1 Å². The molecule has 19 nitrogen and oxygen atoms in total. The van der Waals surface area contributed by atoms with E-state index < -0.39 is 108 Å². The summed E-state index contributed by atoms with van der Waals surface area (Å²) in [6.07, 6.45) is 3.65. The average Bonchev–Trinajstić information content (AvgIpc) is 3.79. The number of carbonyl (C=O) groups is 9. The lowest BCUT2D eigenvalue weighted by atomic mass is 9.74. The Balaban J connectivity index is 0.907. The quantitative estimate of drug-likeness (QED) is 0.129. The van der Waals surface area contributed by atoms with E-state index in [-0.39, 0.29) is 53.4 Å². The van der Waals surface area contributed by atoms with Crippen molar-refractivity contribution in [1.82, 2.24) is 25.8 Å². The Hall–Kier alpha value is -7.80. The van der Waals surface area contributed by atoms with Gasteiger partial charge in [-0.3, -0.25) is 38.5 Å². The number of hydrogen-bond acceptors (Lipinski definition) is 13. The van der Waals surface area contributed by atoms with Crippen LogP contribution >= 0.6 is 11.8 Å². The number of fused-ring (bicyclic) bond motifs is 2. The molecule has 7 rings (SSSR count). The van der Waals surface area contributed by atoms with Gasteiger partial charge in [-0.25, -0.2) is 23.3 Å². The molecule has 358 valence electrons. The summed E-state index contributed by atoms with van der Waals surface area (Å²) in [7, 11) is 0. The van der Waals surface area contributed by atoms with E-state index in [0.29, 0.717) is 22.6 Å². The van der Waals surface area contributed by atoms with Crippen molar-refractivity contribution in [3.05, 3.63) is 112 Å². The fourth-order valence-electron chi connectivity index (χ4n) is 8.39. The van der Waals surface area contributed by atoms with Crippen molar-refractivity contribution in [1.29, 1.82) is 5.26 Å². The third kappa shape index (κ3) is 11.0. The lowest BCUT2D eigenvalue weighted by Crippen LogP contribution is -2.48. The van der Waals surface area contributed by atoms with Crippen LogP contribution in [-0.2, 0) is 40.1 Å². The lowest BCUT2D eigenvalue weighted by molar-refractivity contribution is -0.141. The monoisotopic (exact) mass is 967 g/mol. The predicted molar refractivity (Wildman–Crippen MR) is 239 cm³/mol. The second-order valence-electron chi connectivity index (χ2n) is 16.8. The summed E-state index contributed by atoms with van der Waals surface area (Å²) >= 11 is 0.808. The third-order valence-corrected chi connectivity index (χ3v) is 13.1. The Morgan fingerprint density at radius 2 is 1.74 bits per heavy atom. The zero-order chi connectivity index (χ0) is 49.9. The fraction of sp³-hybridized carbons (Fsp3) is 0.340. The summed E-state index contributed by atoms with van der Waals surface area (Å²) in [6.45, 7) is 2.00. The first-order chi connectivity index (χ1) is 32.7. The van der Waals surface area contributed by atoms with Gasteiger partial charge in [0, 0.05) is 66.7 Å². The smallest absolute Gasteiger partial charge is 0.336 e. The van der Waals surface area contributed by atoms with Gasteiger partial charge in [0.15, 0.2) is 5.78 Å². The van der Waals surface area contributed by atoms with Crippen molar-refractivity contribution >= 4 is 70.6 Å². The minimum Gasteiger partial charge on any atom is -0.480 e. The second-order valence-corrected chi connectivity index (χ2v) is 18.0. The molecule has 1 aromatic heterocycles. The van der Waals surface area contributed by atoms with Crippen molar-refractivity contribution in [3.63, 3.8) is 0 Å². The first kappa shape index (κ1) is 49.1. The van der Waals surface area contributed by atoms with E-state index in [9.17, 15) is 67.4 Å². The number of ether oxygens (including phenoxy) is 1. The second kappa shape index (κ2) is 20.2. The number of aromatic carboxylic acids is 1. The number of likely N-dealkylation sites (tertiary alicyclic amines) is 1. The number of aryl methyl sites for hydroxylation is 1. The van der Waals surface area contributed by atoms with Crippen LogP contribution < -0.4 is 25.6 Å². The number of nitrogens with one attached hydrogen (secondary N) is 3. The highest BCUT2D eigenvalue weighted by molar-refractivity contribution is 8.00. The summed E-state index contributed by atoms with van der Waals surface area (Å²) in [5.74, 6) is -11.4. The number of carboxylic acid groups (broad SMARTS) is 2. The molecular formula is C47H43F2N7O12S. The standard InChI is InChI=1S/C47H43F2N7O12S/c1-23-3-6-31-35(13-23)68-36-16-29(57)5-8-32(36)41(31)30-7-4-27(15-33(30)45(64)65)56-40(60)17-37(44(56)63)69-21-34(46(66)67)54-39(59)10-9-38(58)52-20-26-14-25(11-12-51-26)42(61)53-24(2)43(62)55-22-47(48,49)18-28(55)19-50/h3-8,11-16,24,28,32,34,37,41H,9-10,17-18,20-22H2,1-2H3,(H,52,58)(H,53,61)(H,54,59)(H,64,65)(H,66,67)/t24-,28-,32?,34?,37?,41?/m0/s1. The third-order valence-electron chi connectivity index (χ3n) is 11.8. The van der Waals surface area contributed by atoms with E-state index in [1.165, 1.54) is 55.6 Å². The van der Waals surface area contributed by atoms with Gasteiger partial charge in [0.1, 0.15) is 29.6 Å². The summed E-state index contributed by atoms with van der Waals surface area (Å²) in [4.78, 5) is 121. The largest absolute Gasteiger partial charge is 0.480 e. The lowest BCUT2D eigenvalue weighted by Gasteiger charge is -2.36. The van der Waals surface area contributed by atoms with Crippen LogP contribution in [-0.4, -0.2) is 115 Å². The van der Waals surface area contributed by atoms with Gasteiger partial charge in [0.2, 0.25) is 29.5 Å². The van der Waals surface area contributed by atoms with Gasteiger partial charge < -0.3 is 35.8 Å². The van der Waals surface area contributed by atoms with Gasteiger partial charge in [-0.05, 0) is 61.4 Å². The Morgan fingerprint density at radius 1 is 1.00 bits per heavy atom. The number of anilines is 1. The minimum absolute atomic E-state index is 0.0172. The number of carboxylic acids is 2. The van der Waals surface area contributed by atoms with E-state index in [4.69, 9.17) is 4.74 Å². The number of aromatic nitrogens is 1. The number of rotatable bonds is 16. The molecule has 5 N–H and O–H groups in total. The van der Waals surface area contributed by atoms with E-state index >= 15 is 0 Å². The van der Waals surface area contributed by atoms with Crippen LogP contribution in [0.1, 0.15) is 81.6 Å². The number of carbonyl (C=O) groups excluding carboxylic acids is 7. The molecule has 2 saturated heterocycles. The number of benzene rings is 2. The summed E-state index contributed by atoms with van der Waals surface area (Å²) in [5, 5.41) is 35.7. The number of ketones is 1. The molecule has 1 aliphatic carbocycles. The maximum Gasteiger partial charge on any atom is 0.336 e. The molecule has 69 heavy (non-hydrogen) atoms. The van der Waals surface area contributed by atoms with Crippen LogP contribution in [0.4, 0.5) is 14.5 Å². The van der Waals surface area contributed by atoms with Crippen LogP contribution in [0, 0.1) is 24.2 Å². The Bertz CT molecular complexity index is 2790. The van der Waals surface area contributed by atoms with Crippen LogP contribution in [0.15, 0.2) is 78.7 Å². The fourth-order valence-corrected chi connectivity index (χ4v) is 9.55. The van der Waals surface area contributed by atoms with Crippen molar-refractivity contribution in [3.8, 4) is 11.8 Å². The van der Waals surface area contributed by atoms with Crippen molar-refractivity contribution in [2.24, 2.45) is 5.92 Å². The molecule has 6 amide bonds. The zero-order valence-corrected chi connectivity index (χ0v) is 37.6. The number of halogens is 2. The molecule has 22 heteroatoms. The maximum absolute atomic E-state index is 13.8. The minimum atomic E-state index is -3.24. The molecule has 2 fully saturated rings. The predicted octanol–water partition coefficient (Wildman–Crippen LogP) is 3.16. The molecule has 0 bridgehead atoms. The van der Waals surface area contributed by atoms with E-state index in [0.717, 1.165) is 27.1 Å². The number of aliphatic carboxylic acids is 1. The van der Waals surface area contributed by atoms with Gasteiger partial charge in [-0.2, -0.15) is 5.26 Å². The Kier molecular flexibility index (Phi) is 14.4.